The Morgan fingerprint density at radius 2 is 2.00 bits per heavy atom. The monoisotopic (exact) mass is 144 g/mol. The zero-order valence-electron chi connectivity index (χ0n) is 6.39. The summed E-state index contributed by atoms with van der Waals surface area (Å²) in [4.78, 5) is 0. The molecule has 0 aromatic rings. The molecule has 1 rings (SSSR count). The molecular formula is C8H16S. The minimum atomic E-state index is 0.910. The van der Waals surface area contributed by atoms with E-state index in [1.165, 1.54) is 25.0 Å². The van der Waals surface area contributed by atoms with Gasteiger partial charge in [-0.1, -0.05) is 20.3 Å². The number of hydrogen-bond acceptors (Lipinski definition) is 1. The van der Waals surface area contributed by atoms with Gasteiger partial charge in [-0.3, -0.25) is 0 Å². The third-order valence-electron chi connectivity index (χ3n) is 2.24. The van der Waals surface area contributed by atoms with E-state index in [0.717, 1.165) is 11.2 Å². The van der Waals surface area contributed by atoms with Crippen LogP contribution in [0.25, 0.3) is 0 Å². The Kier molecular flexibility index (Phi) is 2.90. The normalized spacial score (nSPS) is 38.0. The van der Waals surface area contributed by atoms with E-state index in [0.29, 0.717) is 0 Å². The van der Waals surface area contributed by atoms with Crippen LogP contribution in [0.3, 0.4) is 0 Å². The van der Waals surface area contributed by atoms with Crippen molar-refractivity contribution in [1.29, 1.82) is 0 Å². The van der Waals surface area contributed by atoms with E-state index in [1.54, 1.807) is 0 Å². The molecule has 1 fully saturated rings. The summed E-state index contributed by atoms with van der Waals surface area (Å²) in [7, 11) is 0. The fourth-order valence-corrected chi connectivity index (χ4v) is 2.44. The first-order chi connectivity index (χ1) is 4.30. The van der Waals surface area contributed by atoms with Gasteiger partial charge in [-0.2, -0.15) is 11.8 Å². The van der Waals surface area contributed by atoms with Crippen molar-refractivity contribution < 1.29 is 0 Å². The fraction of sp³-hybridized carbons (Fsp3) is 1.00. The molecule has 0 N–H and O–H groups in total. The smallest absolute Gasteiger partial charge is 0.00443 e. The van der Waals surface area contributed by atoms with Crippen LogP contribution in [0.4, 0.5) is 0 Å². The Hall–Kier alpha value is 0.350. The van der Waals surface area contributed by atoms with Crippen LogP contribution >= 0.6 is 11.8 Å². The second kappa shape index (κ2) is 3.50. The van der Waals surface area contributed by atoms with Crippen LogP contribution in [-0.2, 0) is 0 Å². The lowest BCUT2D eigenvalue weighted by molar-refractivity contribution is 0.515. The summed E-state index contributed by atoms with van der Waals surface area (Å²) in [5.41, 5.74) is 0. The molecule has 0 spiro atoms. The van der Waals surface area contributed by atoms with E-state index < -0.39 is 0 Å². The van der Waals surface area contributed by atoms with E-state index >= 15 is 0 Å². The highest BCUT2D eigenvalue weighted by molar-refractivity contribution is 7.99. The van der Waals surface area contributed by atoms with Crippen LogP contribution < -0.4 is 0 Å². The Labute approximate surface area is 62.4 Å². The number of thioether (sulfide) groups is 1. The summed E-state index contributed by atoms with van der Waals surface area (Å²) in [6.07, 6.45) is 4.35. The highest BCUT2D eigenvalue weighted by Crippen LogP contribution is 2.28. The number of hydrogen-bond donors (Lipinski definition) is 0. The molecule has 0 bridgehead atoms. The third-order valence-corrected chi connectivity index (χ3v) is 3.75. The van der Waals surface area contributed by atoms with Crippen LogP contribution in [0.15, 0.2) is 0 Å². The zero-order valence-corrected chi connectivity index (χ0v) is 7.21. The van der Waals surface area contributed by atoms with Gasteiger partial charge in [0.15, 0.2) is 0 Å². The molecule has 9 heavy (non-hydrogen) atoms. The van der Waals surface area contributed by atoms with Gasteiger partial charge in [0.1, 0.15) is 0 Å². The Morgan fingerprint density at radius 1 is 1.22 bits per heavy atom. The molecule has 2 atom stereocenters. The standard InChI is InChI=1S/C8H16S/c1-7-5-3-4-6-9-8(7)2/h7-8H,3-6H2,1-2H3. The maximum atomic E-state index is 2.38. The lowest BCUT2D eigenvalue weighted by Crippen LogP contribution is -2.07. The van der Waals surface area contributed by atoms with Gasteiger partial charge in [0.25, 0.3) is 0 Å². The van der Waals surface area contributed by atoms with Crippen molar-refractivity contribution in [3.8, 4) is 0 Å². The maximum Gasteiger partial charge on any atom is 0.00443 e. The van der Waals surface area contributed by atoms with Crippen molar-refractivity contribution in [2.45, 2.75) is 38.4 Å². The topological polar surface area (TPSA) is 0 Å². The van der Waals surface area contributed by atoms with Gasteiger partial charge in [0.05, 0.1) is 0 Å². The summed E-state index contributed by atoms with van der Waals surface area (Å²) in [6.45, 7) is 4.74. The first-order valence-corrected chi connectivity index (χ1v) is 4.97. The number of rotatable bonds is 0. The molecule has 54 valence electrons. The Balaban J connectivity index is 2.32. The Bertz CT molecular complexity index is 70.6. The molecule has 0 amide bonds. The average Bonchev–Trinajstić information content (AvgIpc) is 1.99. The van der Waals surface area contributed by atoms with Gasteiger partial charge in [-0.15, -0.1) is 0 Å². The van der Waals surface area contributed by atoms with E-state index in [-0.39, 0.29) is 0 Å². The summed E-state index contributed by atoms with van der Waals surface area (Å²) in [5.74, 6) is 2.35. The van der Waals surface area contributed by atoms with Gasteiger partial charge in [0.2, 0.25) is 0 Å². The summed E-state index contributed by atoms with van der Waals surface area (Å²) in [6, 6.07) is 0. The van der Waals surface area contributed by atoms with Crippen LogP contribution in [0.2, 0.25) is 0 Å². The zero-order chi connectivity index (χ0) is 6.69. The van der Waals surface area contributed by atoms with E-state index in [2.05, 4.69) is 25.6 Å². The lowest BCUT2D eigenvalue weighted by Gasteiger charge is -2.14. The van der Waals surface area contributed by atoms with Gasteiger partial charge in [-0.05, 0) is 24.5 Å². The summed E-state index contributed by atoms with van der Waals surface area (Å²) in [5, 5.41) is 0.910. The van der Waals surface area contributed by atoms with Gasteiger partial charge in [0, 0.05) is 5.25 Å². The molecular weight excluding hydrogens is 128 g/mol. The van der Waals surface area contributed by atoms with Crippen LogP contribution in [0.1, 0.15) is 33.1 Å². The minimum Gasteiger partial charge on any atom is -0.159 e. The maximum absolute atomic E-state index is 2.38. The van der Waals surface area contributed by atoms with Gasteiger partial charge in [-0.25, -0.2) is 0 Å². The molecule has 0 aromatic heterocycles. The largest absolute Gasteiger partial charge is 0.159 e. The molecule has 1 aliphatic rings. The predicted octanol–water partition coefficient (Wildman–Crippen LogP) is 2.93. The van der Waals surface area contributed by atoms with Crippen molar-refractivity contribution in [1.82, 2.24) is 0 Å². The molecule has 0 nitrogen and oxygen atoms in total. The third kappa shape index (κ3) is 2.21. The highest BCUT2D eigenvalue weighted by Gasteiger charge is 2.14. The van der Waals surface area contributed by atoms with Crippen molar-refractivity contribution in [2.75, 3.05) is 5.75 Å². The van der Waals surface area contributed by atoms with E-state index in [1.807, 2.05) is 0 Å². The molecule has 0 aliphatic carbocycles. The molecule has 1 heteroatoms. The fourth-order valence-electron chi connectivity index (χ4n) is 1.24. The summed E-state index contributed by atoms with van der Waals surface area (Å²) < 4.78 is 0. The van der Waals surface area contributed by atoms with Gasteiger partial charge < -0.3 is 0 Å². The molecule has 2 unspecified atom stereocenters. The highest BCUT2D eigenvalue weighted by atomic mass is 32.2. The SMILES string of the molecule is CC1CCCCSC1C. The van der Waals surface area contributed by atoms with Crippen LogP contribution in [-0.4, -0.2) is 11.0 Å². The van der Waals surface area contributed by atoms with Crippen LogP contribution in [0.5, 0.6) is 0 Å². The first-order valence-electron chi connectivity index (χ1n) is 3.92. The lowest BCUT2D eigenvalue weighted by atomic mass is 10.0. The van der Waals surface area contributed by atoms with Crippen molar-refractivity contribution in [3.05, 3.63) is 0 Å². The Morgan fingerprint density at radius 3 is 2.78 bits per heavy atom. The second-order valence-corrected chi connectivity index (χ2v) is 4.53. The van der Waals surface area contributed by atoms with Crippen molar-refractivity contribution in [3.63, 3.8) is 0 Å². The molecule has 0 aromatic carbocycles. The van der Waals surface area contributed by atoms with E-state index in [4.69, 9.17) is 0 Å². The van der Waals surface area contributed by atoms with Gasteiger partial charge >= 0.3 is 0 Å². The van der Waals surface area contributed by atoms with Crippen LogP contribution in [0, 0.1) is 5.92 Å². The molecule has 0 saturated carbocycles. The van der Waals surface area contributed by atoms with Crippen molar-refractivity contribution in [2.24, 2.45) is 5.92 Å². The first kappa shape index (κ1) is 7.46. The minimum absolute atomic E-state index is 0.910. The van der Waals surface area contributed by atoms with Crippen molar-refractivity contribution >= 4 is 11.8 Å². The molecule has 0 radical (unpaired) electrons. The summed E-state index contributed by atoms with van der Waals surface area (Å²) >= 11 is 2.15. The predicted molar refractivity (Wildman–Crippen MR) is 44.9 cm³/mol. The molecule has 1 saturated heterocycles. The second-order valence-electron chi connectivity index (χ2n) is 3.05. The van der Waals surface area contributed by atoms with E-state index in [9.17, 15) is 0 Å². The molecule has 1 aliphatic heterocycles. The average molecular weight is 144 g/mol. The molecule has 1 heterocycles. The quantitative estimate of drug-likeness (QED) is 0.503.